The SMILES string of the molecule is Cc1ccc(C(=O)N2CC(C)(C)S[C@]23C(=O)N(Cc2ccccc2C)c2ccccc23)cc1. The molecule has 1 fully saturated rings. The summed E-state index contributed by atoms with van der Waals surface area (Å²) in [6.45, 7) is 9.28. The van der Waals surface area contributed by atoms with E-state index in [9.17, 15) is 9.59 Å². The summed E-state index contributed by atoms with van der Waals surface area (Å²) in [4.78, 5) is 30.7. The van der Waals surface area contributed by atoms with Crippen molar-refractivity contribution in [3.8, 4) is 0 Å². The van der Waals surface area contributed by atoms with Gasteiger partial charge in [-0.25, -0.2) is 0 Å². The highest BCUT2D eigenvalue weighted by molar-refractivity contribution is 8.02. The van der Waals surface area contributed by atoms with Gasteiger partial charge in [0.15, 0.2) is 4.87 Å². The van der Waals surface area contributed by atoms with Crippen LogP contribution in [0.15, 0.2) is 72.8 Å². The van der Waals surface area contributed by atoms with Gasteiger partial charge in [-0.3, -0.25) is 9.59 Å². The molecule has 3 aromatic carbocycles. The first-order valence-corrected chi connectivity index (χ1v) is 12.1. The van der Waals surface area contributed by atoms with Crippen LogP contribution in [0.5, 0.6) is 0 Å². The summed E-state index contributed by atoms with van der Waals surface area (Å²) < 4.78 is -0.262. The van der Waals surface area contributed by atoms with Crippen LogP contribution in [0.3, 0.4) is 0 Å². The number of carbonyl (C=O) groups is 2. The summed E-state index contributed by atoms with van der Waals surface area (Å²) >= 11 is 1.60. The molecule has 0 radical (unpaired) electrons. The maximum absolute atomic E-state index is 14.3. The van der Waals surface area contributed by atoms with Gasteiger partial charge in [0.1, 0.15) is 0 Å². The maximum Gasteiger partial charge on any atom is 0.268 e. The van der Waals surface area contributed by atoms with E-state index >= 15 is 0 Å². The number of rotatable bonds is 3. The molecule has 5 heteroatoms. The first-order chi connectivity index (χ1) is 15.7. The van der Waals surface area contributed by atoms with E-state index < -0.39 is 4.87 Å². The number of anilines is 1. The van der Waals surface area contributed by atoms with Gasteiger partial charge in [0.2, 0.25) is 0 Å². The van der Waals surface area contributed by atoms with Crippen molar-refractivity contribution in [1.82, 2.24) is 4.90 Å². The Morgan fingerprint density at radius 2 is 1.61 bits per heavy atom. The second-order valence-corrected chi connectivity index (χ2v) is 11.5. The molecule has 2 aliphatic heterocycles. The van der Waals surface area contributed by atoms with Gasteiger partial charge in [0.05, 0.1) is 12.2 Å². The first kappa shape index (κ1) is 21.8. The molecule has 33 heavy (non-hydrogen) atoms. The minimum atomic E-state index is -1.06. The lowest BCUT2D eigenvalue weighted by Crippen LogP contribution is -2.50. The lowest BCUT2D eigenvalue weighted by atomic mass is 10.0. The van der Waals surface area contributed by atoms with Gasteiger partial charge in [-0.1, -0.05) is 60.2 Å². The molecular formula is C28H28N2O2S. The van der Waals surface area contributed by atoms with Crippen molar-refractivity contribution in [1.29, 1.82) is 0 Å². The molecule has 2 aliphatic rings. The molecule has 1 saturated heterocycles. The number of hydrogen-bond acceptors (Lipinski definition) is 3. The normalized spacial score (nSPS) is 21.0. The highest BCUT2D eigenvalue weighted by atomic mass is 32.2. The average molecular weight is 457 g/mol. The lowest BCUT2D eigenvalue weighted by Gasteiger charge is -2.33. The topological polar surface area (TPSA) is 40.6 Å². The van der Waals surface area contributed by atoms with E-state index in [0.717, 1.165) is 27.9 Å². The minimum Gasteiger partial charge on any atom is -0.310 e. The van der Waals surface area contributed by atoms with Crippen molar-refractivity contribution < 1.29 is 9.59 Å². The monoisotopic (exact) mass is 456 g/mol. The van der Waals surface area contributed by atoms with Crippen LogP contribution in [-0.2, 0) is 16.2 Å². The smallest absolute Gasteiger partial charge is 0.268 e. The van der Waals surface area contributed by atoms with Crippen molar-refractivity contribution in [3.05, 3.63) is 101 Å². The van der Waals surface area contributed by atoms with Crippen LogP contribution < -0.4 is 4.90 Å². The third kappa shape index (κ3) is 3.46. The minimum absolute atomic E-state index is 0.0389. The Bertz CT molecular complexity index is 1250. The zero-order chi connectivity index (χ0) is 23.4. The molecule has 2 heterocycles. The van der Waals surface area contributed by atoms with Crippen LogP contribution in [0.25, 0.3) is 0 Å². The van der Waals surface area contributed by atoms with Crippen LogP contribution in [-0.4, -0.2) is 28.0 Å². The summed E-state index contributed by atoms with van der Waals surface area (Å²) in [6, 6.07) is 23.7. The van der Waals surface area contributed by atoms with Crippen molar-refractivity contribution in [2.24, 2.45) is 0 Å². The summed E-state index contributed by atoms with van der Waals surface area (Å²) in [5, 5.41) is 0. The van der Waals surface area contributed by atoms with E-state index in [0.29, 0.717) is 18.7 Å². The fraction of sp³-hybridized carbons (Fsp3) is 0.286. The van der Waals surface area contributed by atoms with E-state index in [1.165, 1.54) is 0 Å². The van der Waals surface area contributed by atoms with Crippen molar-refractivity contribution in [2.45, 2.75) is 43.9 Å². The third-order valence-corrected chi connectivity index (χ3v) is 8.16. The average Bonchev–Trinajstić information content (AvgIpc) is 3.21. The number of hydrogen-bond donors (Lipinski definition) is 0. The molecule has 0 aromatic heterocycles. The van der Waals surface area contributed by atoms with Crippen molar-refractivity contribution in [3.63, 3.8) is 0 Å². The van der Waals surface area contributed by atoms with E-state index in [-0.39, 0.29) is 16.6 Å². The van der Waals surface area contributed by atoms with Crippen LogP contribution in [0.1, 0.15) is 46.5 Å². The zero-order valence-electron chi connectivity index (χ0n) is 19.5. The Morgan fingerprint density at radius 3 is 2.33 bits per heavy atom. The summed E-state index contributed by atoms with van der Waals surface area (Å²) in [6.07, 6.45) is 0. The number of nitrogens with zero attached hydrogens (tertiary/aromatic N) is 2. The summed E-state index contributed by atoms with van der Waals surface area (Å²) in [5.41, 5.74) is 5.76. The predicted octanol–water partition coefficient (Wildman–Crippen LogP) is 5.67. The molecule has 1 atom stereocenters. The fourth-order valence-electron chi connectivity index (χ4n) is 4.92. The second-order valence-electron chi connectivity index (χ2n) is 9.60. The highest BCUT2D eigenvalue weighted by Crippen LogP contribution is 2.60. The Balaban J connectivity index is 1.63. The largest absolute Gasteiger partial charge is 0.310 e. The quantitative estimate of drug-likeness (QED) is 0.510. The van der Waals surface area contributed by atoms with Gasteiger partial charge >= 0.3 is 0 Å². The molecule has 4 nitrogen and oxygen atoms in total. The van der Waals surface area contributed by atoms with Gasteiger partial charge in [0, 0.05) is 22.4 Å². The Kier molecular flexibility index (Phi) is 5.13. The molecule has 2 amide bonds. The van der Waals surface area contributed by atoms with Crippen LogP contribution in [0, 0.1) is 13.8 Å². The maximum atomic E-state index is 14.3. The van der Waals surface area contributed by atoms with E-state index in [2.05, 4.69) is 32.9 Å². The molecule has 0 N–H and O–H groups in total. The Labute approximate surface area is 199 Å². The molecular weight excluding hydrogens is 428 g/mol. The standard InChI is InChI=1S/C28H28N2O2S/c1-19-13-15-21(16-14-19)25(31)30-18-27(3,4)33-28(30)23-11-7-8-12-24(23)29(26(28)32)17-22-10-6-5-9-20(22)2/h5-16H,17-18H2,1-4H3/t28-/m1/s1. The Morgan fingerprint density at radius 1 is 0.939 bits per heavy atom. The van der Waals surface area contributed by atoms with Crippen LogP contribution in [0.4, 0.5) is 5.69 Å². The van der Waals surface area contributed by atoms with Gasteiger partial charge in [-0.15, -0.1) is 11.8 Å². The molecule has 0 aliphatic carbocycles. The molecule has 1 spiro atoms. The number of amides is 2. The second kappa shape index (κ2) is 7.77. The lowest BCUT2D eigenvalue weighted by molar-refractivity contribution is -0.123. The van der Waals surface area contributed by atoms with E-state index in [1.54, 1.807) is 16.7 Å². The summed E-state index contributed by atoms with van der Waals surface area (Å²) in [7, 11) is 0. The van der Waals surface area contributed by atoms with Gasteiger partial charge in [-0.05, 0) is 57.0 Å². The predicted molar refractivity (Wildman–Crippen MR) is 134 cm³/mol. The van der Waals surface area contributed by atoms with Crippen LogP contribution in [0.2, 0.25) is 0 Å². The highest BCUT2D eigenvalue weighted by Gasteiger charge is 2.63. The fourth-order valence-corrected chi connectivity index (χ4v) is 6.65. The number of carbonyl (C=O) groups excluding carboxylic acids is 2. The van der Waals surface area contributed by atoms with Crippen molar-refractivity contribution in [2.75, 3.05) is 11.4 Å². The number of aryl methyl sites for hydroxylation is 2. The molecule has 0 saturated carbocycles. The molecule has 0 unspecified atom stereocenters. The van der Waals surface area contributed by atoms with Gasteiger partial charge in [-0.2, -0.15) is 0 Å². The number of para-hydroxylation sites is 1. The molecule has 0 bridgehead atoms. The molecule has 3 aromatic rings. The summed E-state index contributed by atoms with van der Waals surface area (Å²) in [5.74, 6) is -0.142. The zero-order valence-corrected chi connectivity index (χ0v) is 20.3. The molecule has 168 valence electrons. The number of benzene rings is 3. The van der Waals surface area contributed by atoms with Crippen LogP contribution >= 0.6 is 11.8 Å². The molecule has 5 rings (SSSR count). The van der Waals surface area contributed by atoms with E-state index in [4.69, 9.17) is 0 Å². The van der Waals surface area contributed by atoms with Gasteiger partial charge in [0.25, 0.3) is 11.8 Å². The van der Waals surface area contributed by atoms with Gasteiger partial charge < -0.3 is 9.80 Å². The third-order valence-electron chi connectivity index (χ3n) is 6.57. The first-order valence-electron chi connectivity index (χ1n) is 11.3. The van der Waals surface area contributed by atoms with Crippen molar-refractivity contribution >= 4 is 29.3 Å². The Hall–Kier alpha value is -3.05. The number of thioether (sulfide) groups is 1. The number of fused-ring (bicyclic) bond motifs is 2. The van der Waals surface area contributed by atoms with E-state index in [1.807, 2.05) is 72.5 Å².